The van der Waals surface area contributed by atoms with Crippen molar-refractivity contribution in [3.05, 3.63) is 29.8 Å². The van der Waals surface area contributed by atoms with Crippen molar-refractivity contribution in [2.75, 3.05) is 6.54 Å². The Labute approximate surface area is 112 Å². The topological polar surface area (TPSA) is 29.9 Å². The van der Waals surface area contributed by atoms with Gasteiger partial charge in [0, 0.05) is 24.6 Å². The molecule has 1 aliphatic rings. The first-order valence-corrected chi connectivity index (χ1v) is 7.09. The van der Waals surface area contributed by atoms with Gasteiger partial charge in [0.1, 0.15) is 11.6 Å². The van der Waals surface area contributed by atoms with Crippen molar-refractivity contribution in [2.24, 2.45) is 0 Å². The predicted octanol–water partition coefficient (Wildman–Crippen LogP) is 3.05. The third-order valence-electron chi connectivity index (χ3n) is 4.04. The van der Waals surface area contributed by atoms with Gasteiger partial charge in [-0.25, -0.2) is 9.37 Å². The van der Waals surface area contributed by atoms with E-state index in [2.05, 4.69) is 23.7 Å². The molecule has 4 heteroatoms. The van der Waals surface area contributed by atoms with Crippen LogP contribution in [0.2, 0.25) is 0 Å². The van der Waals surface area contributed by atoms with Gasteiger partial charge in [-0.1, -0.05) is 6.92 Å². The number of benzene rings is 1. The van der Waals surface area contributed by atoms with Crippen molar-refractivity contribution in [2.45, 2.75) is 45.2 Å². The second-order valence-corrected chi connectivity index (χ2v) is 5.39. The standard InChI is InChI=1S/C15H20FN3/c1-3-8-19-14-5-4-11(16)9-13(14)18-15(19)12-6-7-17-10(12)2/h4-5,9-10,12,17H,3,6-8H2,1-2H3. The van der Waals surface area contributed by atoms with E-state index in [1.807, 2.05) is 6.07 Å². The minimum absolute atomic E-state index is 0.210. The fourth-order valence-electron chi connectivity index (χ4n) is 3.07. The molecule has 0 bridgehead atoms. The van der Waals surface area contributed by atoms with Crippen LogP contribution in [0.15, 0.2) is 18.2 Å². The highest BCUT2D eigenvalue weighted by Gasteiger charge is 2.29. The Hall–Kier alpha value is -1.42. The second-order valence-electron chi connectivity index (χ2n) is 5.39. The maximum atomic E-state index is 13.4. The highest BCUT2D eigenvalue weighted by molar-refractivity contribution is 5.76. The molecule has 2 aromatic rings. The van der Waals surface area contributed by atoms with Crippen molar-refractivity contribution >= 4 is 11.0 Å². The van der Waals surface area contributed by atoms with Crippen LogP contribution in [0.5, 0.6) is 0 Å². The Bertz CT molecular complexity index is 590. The van der Waals surface area contributed by atoms with Gasteiger partial charge in [0.15, 0.2) is 0 Å². The summed E-state index contributed by atoms with van der Waals surface area (Å²) in [5.41, 5.74) is 1.83. The number of hydrogen-bond acceptors (Lipinski definition) is 2. The molecule has 0 radical (unpaired) electrons. The summed E-state index contributed by atoms with van der Waals surface area (Å²) in [4.78, 5) is 4.71. The molecular formula is C15H20FN3. The molecule has 3 rings (SSSR count). The van der Waals surface area contributed by atoms with E-state index in [9.17, 15) is 4.39 Å². The summed E-state index contributed by atoms with van der Waals surface area (Å²) in [6.07, 6.45) is 2.17. The van der Waals surface area contributed by atoms with Crippen molar-refractivity contribution in [1.82, 2.24) is 14.9 Å². The van der Waals surface area contributed by atoms with E-state index in [-0.39, 0.29) is 5.82 Å². The molecule has 3 nitrogen and oxygen atoms in total. The number of rotatable bonds is 3. The molecule has 2 unspecified atom stereocenters. The first-order valence-electron chi connectivity index (χ1n) is 7.09. The highest BCUT2D eigenvalue weighted by atomic mass is 19.1. The number of imidazole rings is 1. The maximum absolute atomic E-state index is 13.4. The smallest absolute Gasteiger partial charge is 0.125 e. The first kappa shape index (κ1) is 12.6. The summed E-state index contributed by atoms with van der Waals surface area (Å²) in [6.45, 7) is 6.35. The summed E-state index contributed by atoms with van der Waals surface area (Å²) in [6, 6.07) is 5.36. The molecule has 102 valence electrons. The van der Waals surface area contributed by atoms with Crippen molar-refractivity contribution < 1.29 is 4.39 Å². The number of aryl methyl sites for hydroxylation is 1. The average molecular weight is 261 g/mol. The summed E-state index contributed by atoms with van der Waals surface area (Å²) >= 11 is 0. The van der Waals surface area contributed by atoms with Gasteiger partial charge in [-0.15, -0.1) is 0 Å². The molecule has 0 spiro atoms. The monoisotopic (exact) mass is 261 g/mol. The Kier molecular flexibility index (Phi) is 3.27. The lowest BCUT2D eigenvalue weighted by atomic mass is 10.0. The Morgan fingerprint density at radius 1 is 1.47 bits per heavy atom. The normalized spacial score (nSPS) is 23.3. The molecule has 0 amide bonds. The van der Waals surface area contributed by atoms with E-state index < -0.39 is 0 Å². The fourth-order valence-corrected chi connectivity index (χ4v) is 3.07. The van der Waals surface area contributed by atoms with Crippen molar-refractivity contribution in [3.63, 3.8) is 0 Å². The van der Waals surface area contributed by atoms with E-state index in [4.69, 9.17) is 4.98 Å². The summed E-state index contributed by atoms with van der Waals surface area (Å²) in [5.74, 6) is 1.33. The van der Waals surface area contributed by atoms with Gasteiger partial charge in [-0.3, -0.25) is 0 Å². The van der Waals surface area contributed by atoms with Gasteiger partial charge in [-0.2, -0.15) is 0 Å². The quantitative estimate of drug-likeness (QED) is 0.920. The Balaban J connectivity index is 2.13. The van der Waals surface area contributed by atoms with Crippen LogP contribution in [0.4, 0.5) is 4.39 Å². The van der Waals surface area contributed by atoms with E-state index >= 15 is 0 Å². The first-order chi connectivity index (χ1) is 9.20. The largest absolute Gasteiger partial charge is 0.328 e. The number of fused-ring (bicyclic) bond motifs is 1. The number of halogens is 1. The number of aromatic nitrogens is 2. The van der Waals surface area contributed by atoms with Gasteiger partial charge < -0.3 is 9.88 Å². The highest BCUT2D eigenvalue weighted by Crippen LogP contribution is 2.30. The number of nitrogens with zero attached hydrogens (tertiary/aromatic N) is 2. The lowest BCUT2D eigenvalue weighted by Crippen LogP contribution is -2.23. The summed E-state index contributed by atoms with van der Waals surface area (Å²) in [5, 5.41) is 3.47. The zero-order valence-electron chi connectivity index (χ0n) is 11.5. The molecule has 1 N–H and O–H groups in total. The van der Waals surface area contributed by atoms with Crippen LogP contribution >= 0.6 is 0 Å². The van der Waals surface area contributed by atoms with Gasteiger partial charge in [-0.05, 0) is 38.4 Å². The molecule has 1 aromatic carbocycles. The van der Waals surface area contributed by atoms with E-state index in [1.54, 1.807) is 0 Å². The molecule has 2 heterocycles. The van der Waals surface area contributed by atoms with E-state index in [1.165, 1.54) is 12.1 Å². The number of nitrogens with one attached hydrogen (secondary N) is 1. The van der Waals surface area contributed by atoms with Crippen molar-refractivity contribution in [3.8, 4) is 0 Å². The second kappa shape index (κ2) is 4.93. The Morgan fingerprint density at radius 3 is 3.00 bits per heavy atom. The molecule has 2 atom stereocenters. The molecule has 1 aromatic heterocycles. The zero-order chi connectivity index (χ0) is 13.4. The SMILES string of the molecule is CCCn1c(C2CCNC2C)nc2cc(F)ccc21. The molecule has 0 saturated carbocycles. The average Bonchev–Trinajstić information content (AvgIpc) is 2.94. The Morgan fingerprint density at radius 2 is 2.32 bits per heavy atom. The molecule has 1 fully saturated rings. The van der Waals surface area contributed by atoms with Crippen LogP contribution in [0.25, 0.3) is 11.0 Å². The minimum Gasteiger partial charge on any atom is -0.328 e. The third kappa shape index (κ3) is 2.14. The molecule has 0 aliphatic carbocycles. The van der Waals surface area contributed by atoms with Crippen molar-refractivity contribution in [1.29, 1.82) is 0 Å². The van der Waals surface area contributed by atoms with E-state index in [0.29, 0.717) is 12.0 Å². The summed E-state index contributed by atoms with van der Waals surface area (Å²) in [7, 11) is 0. The van der Waals surface area contributed by atoms with Crippen LogP contribution in [0, 0.1) is 5.82 Å². The lowest BCUT2D eigenvalue weighted by molar-refractivity contribution is 0.532. The van der Waals surface area contributed by atoms with Crippen LogP contribution in [-0.2, 0) is 6.54 Å². The van der Waals surface area contributed by atoms with Crippen LogP contribution in [-0.4, -0.2) is 22.1 Å². The molecule has 1 aliphatic heterocycles. The fraction of sp³-hybridized carbons (Fsp3) is 0.533. The van der Waals surface area contributed by atoms with Crippen LogP contribution < -0.4 is 5.32 Å². The van der Waals surface area contributed by atoms with Crippen LogP contribution in [0.3, 0.4) is 0 Å². The lowest BCUT2D eigenvalue weighted by Gasteiger charge is -2.16. The molecule has 1 saturated heterocycles. The number of hydrogen-bond donors (Lipinski definition) is 1. The zero-order valence-corrected chi connectivity index (χ0v) is 11.5. The third-order valence-corrected chi connectivity index (χ3v) is 4.04. The van der Waals surface area contributed by atoms with E-state index in [0.717, 1.165) is 42.8 Å². The minimum atomic E-state index is -0.210. The molecular weight excluding hydrogens is 241 g/mol. The van der Waals surface area contributed by atoms with Gasteiger partial charge in [0.2, 0.25) is 0 Å². The predicted molar refractivity (Wildman–Crippen MR) is 74.8 cm³/mol. The van der Waals surface area contributed by atoms with Crippen LogP contribution in [0.1, 0.15) is 38.4 Å². The summed E-state index contributed by atoms with van der Waals surface area (Å²) < 4.78 is 15.6. The maximum Gasteiger partial charge on any atom is 0.125 e. The van der Waals surface area contributed by atoms with Gasteiger partial charge in [0.05, 0.1) is 11.0 Å². The van der Waals surface area contributed by atoms with Gasteiger partial charge in [0.25, 0.3) is 0 Å². The van der Waals surface area contributed by atoms with Gasteiger partial charge >= 0.3 is 0 Å². The molecule has 19 heavy (non-hydrogen) atoms.